The van der Waals surface area contributed by atoms with Gasteiger partial charge >= 0.3 is 0 Å². The van der Waals surface area contributed by atoms with Gasteiger partial charge in [0.25, 0.3) is 0 Å². The van der Waals surface area contributed by atoms with Gasteiger partial charge in [-0.15, -0.1) is 0 Å². The van der Waals surface area contributed by atoms with Crippen LogP contribution in [0.5, 0.6) is 0 Å². The summed E-state index contributed by atoms with van der Waals surface area (Å²) in [4.78, 5) is 0. The second kappa shape index (κ2) is 10.2. The van der Waals surface area contributed by atoms with E-state index in [1.807, 2.05) is 12.1 Å². The molecule has 1 aromatic carbocycles. The van der Waals surface area contributed by atoms with E-state index in [-0.39, 0.29) is 0 Å². The third kappa shape index (κ3) is 7.88. The number of methoxy groups -OCH3 is 1. The van der Waals surface area contributed by atoms with Crippen LogP contribution in [-0.2, 0) is 11.2 Å². The summed E-state index contributed by atoms with van der Waals surface area (Å²) in [6, 6.07) is 8.21. The van der Waals surface area contributed by atoms with Crippen LogP contribution in [0.15, 0.2) is 24.3 Å². The molecule has 0 radical (unpaired) electrons. The van der Waals surface area contributed by atoms with Crippen LogP contribution in [0.3, 0.4) is 0 Å². The lowest BCUT2D eigenvalue weighted by Crippen LogP contribution is -2.27. The molecule has 0 bridgehead atoms. The number of halogens is 1. The largest absolute Gasteiger partial charge is 0.385 e. The van der Waals surface area contributed by atoms with Crippen LogP contribution in [0.25, 0.3) is 0 Å². The minimum Gasteiger partial charge on any atom is -0.385 e. The quantitative estimate of drug-likeness (QED) is 0.654. The molecule has 0 aliphatic carbocycles. The van der Waals surface area contributed by atoms with Crippen LogP contribution in [-0.4, -0.2) is 26.8 Å². The maximum absolute atomic E-state index is 6.07. The summed E-state index contributed by atoms with van der Waals surface area (Å²) < 4.78 is 5.16. The lowest BCUT2D eigenvalue weighted by Gasteiger charge is -2.19. The van der Waals surface area contributed by atoms with Crippen molar-refractivity contribution >= 4 is 11.6 Å². The van der Waals surface area contributed by atoms with Crippen LogP contribution < -0.4 is 5.32 Å². The number of benzene rings is 1. The van der Waals surface area contributed by atoms with E-state index in [9.17, 15) is 0 Å². The fourth-order valence-corrected chi connectivity index (χ4v) is 2.58. The average Bonchev–Trinajstić information content (AvgIpc) is 2.38. The minimum atomic E-state index is 0.641. The van der Waals surface area contributed by atoms with E-state index in [2.05, 4.69) is 31.3 Å². The lowest BCUT2D eigenvalue weighted by molar-refractivity contribution is 0.186. The Balaban J connectivity index is 2.47. The van der Waals surface area contributed by atoms with Crippen molar-refractivity contribution in [2.45, 2.75) is 33.1 Å². The van der Waals surface area contributed by atoms with Gasteiger partial charge in [-0.3, -0.25) is 0 Å². The zero-order chi connectivity index (χ0) is 14.8. The summed E-state index contributed by atoms with van der Waals surface area (Å²) in [5, 5.41) is 4.40. The molecule has 0 amide bonds. The first-order valence-corrected chi connectivity index (χ1v) is 7.93. The average molecular weight is 298 g/mol. The molecule has 0 spiro atoms. The van der Waals surface area contributed by atoms with Crippen molar-refractivity contribution in [3.8, 4) is 0 Å². The van der Waals surface area contributed by atoms with Crippen molar-refractivity contribution in [1.29, 1.82) is 0 Å². The summed E-state index contributed by atoms with van der Waals surface area (Å²) in [6.45, 7) is 7.47. The van der Waals surface area contributed by atoms with Crippen molar-refractivity contribution in [3.05, 3.63) is 34.9 Å². The molecule has 1 N–H and O–H groups in total. The fourth-order valence-electron chi connectivity index (χ4n) is 2.37. The monoisotopic (exact) mass is 297 g/mol. The molecule has 1 atom stereocenters. The van der Waals surface area contributed by atoms with Crippen molar-refractivity contribution in [3.63, 3.8) is 0 Å². The first-order valence-electron chi connectivity index (χ1n) is 7.56. The summed E-state index contributed by atoms with van der Waals surface area (Å²) in [7, 11) is 1.77. The molecule has 2 nitrogen and oxygen atoms in total. The molecule has 0 aliphatic heterocycles. The first-order chi connectivity index (χ1) is 9.61. The second-order valence-electron chi connectivity index (χ2n) is 5.89. The Bertz CT molecular complexity index is 368. The van der Waals surface area contributed by atoms with Crippen molar-refractivity contribution in [2.75, 3.05) is 26.8 Å². The fraction of sp³-hybridized carbons (Fsp3) is 0.647. The second-order valence-corrected chi connectivity index (χ2v) is 6.32. The van der Waals surface area contributed by atoms with Crippen LogP contribution in [0, 0.1) is 11.8 Å². The van der Waals surface area contributed by atoms with E-state index in [1.54, 1.807) is 7.11 Å². The van der Waals surface area contributed by atoms with Crippen LogP contribution in [0.4, 0.5) is 0 Å². The Hall–Kier alpha value is -0.570. The normalized spacial score (nSPS) is 12.8. The third-order valence-corrected chi connectivity index (χ3v) is 3.59. The van der Waals surface area contributed by atoms with Gasteiger partial charge in [-0.25, -0.2) is 0 Å². The Morgan fingerprint density at radius 2 is 2.05 bits per heavy atom. The number of hydrogen-bond acceptors (Lipinski definition) is 2. The summed E-state index contributed by atoms with van der Waals surface area (Å²) in [5.74, 6) is 1.34. The van der Waals surface area contributed by atoms with E-state index in [1.165, 1.54) is 12.0 Å². The Morgan fingerprint density at radius 3 is 2.70 bits per heavy atom. The molecule has 0 aliphatic rings. The van der Waals surface area contributed by atoms with Gasteiger partial charge in [0.05, 0.1) is 0 Å². The van der Waals surface area contributed by atoms with E-state index < -0.39 is 0 Å². The molecule has 0 heterocycles. The highest BCUT2D eigenvalue weighted by molar-refractivity contribution is 6.30. The predicted octanol–water partition coefficient (Wildman–Crippen LogP) is 4.17. The van der Waals surface area contributed by atoms with E-state index in [0.717, 1.165) is 37.6 Å². The van der Waals surface area contributed by atoms with E-state index >= 15 is 0 Å². The molecule has 114 valence electrons. The maximum atomic E-state index is 6.07. The molecular weight excluding hydrogens is 270 g/mol. The molecule has 20 heavy (non-hydrogen) atoms. The highest BCUT2D eigenvalue weighted by Gasteiger charge is 2.10. The predicted molar refractivity (Wildman–Crippen MR) is 87.5 cm³/mol. The number of nitrogens with one attached hydrogen (secondary N) is 1. The van der Waals surface area contributed by atoms with Gasteiger partial charge in [-0.05, 0) is 61.9 Å². The van der Waals surface area contributed by atoms with Crippen LogP contribution in [0.2, 0.25) is 5.02 Å². The van der Waals surface area contributed by atoms with Crippen LogP contribution >= 0.6 is 11.6 Å². The number of hydrogen-bond donors (Lipinski definition) is 1. The Labute approximate surface area is 128 Å². The van der Waals surface area contributed by atoms with E-state index in [0.29, 0.717) is 11.8 Å². The summed E-state index contributed by atoms with van der Waals surface area (Å²) in [5.41, 5.74) is 1.33. The molecule has 1 rings (SSSR count). The number of rotatable bonds is 10. The van der Waals surface area contributed by atoms with Crippen LogP contribution in [0.1, 0.15) is 32.3 Å². The smallest absolute Gasteiger partial charge is 0.0462 e. The van der Waals surface area contributed by atoms with Crippen molar-refractivity contribution < 1.29 is 4.74 Å². The molecule has 0 saturated carbocycles. The summed E-state index contributed by atoms with van der Waals surface area (Å²) in [6.07, 6.45) is 3.38. The minimum absolute atomic E-state index is 0.641. The molecule has 0 fully saturated rings. The van der Waals surface area contributed by atoms with Gasteiger partial charge < -0.3 is 10.1 Å². The van der Waals surface area contributed by atoms with Gasteiger partial charge in [-0.1, -0.05) is 37.6 Å². The first kappa shape index (κ1) is 17.5. The van der Waals surface area contributed by atoms with Gasteiger partial charge in [0.1, 0.15) is 0 Å². The van der Waals surface area contributed by atoms with Gasteiger partial charge in [-0.2, -0.15) is 0 Å². The molecule has 1 aromatic rings. The Kier molecular flexibility index (Phi) is 8.92. The van der Waals surface area contributed by atoms with Crippen molar-refractivity contribution in [2.24, 2.45) is 11.8 Å². The molecule has 0 aromatic heterocycles. The number of ether oxygens (including phenoxy) is 1. The molecule has 0 saturated heterocycles. The van der Waals surface area contributed by atoms with Crippen molar-refractivity contribution in [1.82, 2.24) is 5.32 Å². The standard InChI is InChI=1S/C17H28ClNO/c1-14(2)12-19-13-16(7-5-9-20-3)10-15-6-4-8-17(18)11-15/h4,6,8,11,14,16,19H,5,7,9-10,12-13H2,1-3H3. The highest BCUT2D eigenvalue weighted by Crippen LogP contribution is 2.17. The molecule has 3 heteroatoms. The SMILES string of the molecule is COCCCC(CNCC(C)C)Cc1cccc(Cl)c1. The summed E-state index contributed by atoms with van der Waals surface area (Å²) >= 11 is 6.07. The van der Waals surface area contributed by atoms with E-state index in [4.69, 9.17) is 16.3 Å². The zero-order valence-corrected chi connectivity index (χ0v) is 13.7. The Morgan fingerprint density at radius 1 is 1.25 bits per heavy atom. The molecular formula is C17H28ClNO. The third-order valence-electron chi connectivity index (χ3n) is 3.36. The molecule has 1 unspecified atom stereocenters. The zero-order valence-electron chi connectivity index (χ0n) is 13.0. The topological polar surface area (TPSA) is 21.3 Å². The van der Waals surface area contributed by atoms with Gasteiger partial charge in [0, 0.05) is 18.7 Å². The maximum Gasteiger partial charge on any atom is 0.0462 e. The van der Waals surface area contributed by atoms with Gasteiger partial charge in [0.2, 0.25) is 0 Å². The lowest BCUT2D eigenvalue weighted by atomic mass is 9.94. The highest BCUT2D eigenvalue weighted by atomic mass is 35.5. The van der Waals surface area contributed by atoms with Gasteiger partial charge in [0.15, 0.2) is 0 Å².